The number of hydrogen-bond acceptors (Lipinski definition) is 2. The largest absolute Gasteiger partial charge is 0.282 e. The standard InChI is InChI=1S/C7H12N2/c1-4-6-9(3)7-8-5-2/h1,5H,6-7H2,2-3H3. The first-order chi connectivity index (χ1) is 4.31. The molecule has 0 saturated carbocycles. The van der Waals surface area contributed by atoms with Crippen molar-refractivity contribution >= 4 is 6.21 Å². The molecule has 0 saturated heterocycles. The summed E-state index contributed by atoms with van der Waals surface area (Å²) in [6, 6.07) is 0. The van der Waals surface area contributed by atoms with Crippen LogP contribution in [0.1, 0.15) is 6.92 Å². The molecular weight excluding hydrogens is 112 g/mol. The quantitative estimate of drug-likeness (QED) is 0.397. The Balaban J connectivity index is 3.29. The zero-order valence-corrected chi connectivity index (χ0v) is 5.96. The van der Waals surface area contributed by atoms with Crippen LogP contribution < -0.4 is 0 Å². The van der Waals surface area contributed by atoms with Gasteiger partial charge in [0, 0.05) is 0 Å². The summed E-state index contributed by atoms with van der Waals surface area (Å²) in [4.78, 5) is 5.95. The number of nitrogens with zero attached hydrogens (tertiary/aromatic N) is 2. The van der Waals surface area contributed by atoms with Crippen LogP contribution in [0.5, 0.6) is 0 Å². The highest BCUT2D eigenvalue weighted by Crippen LogP contribution is 1.78. The molecule has 0 aliphatic rings. The SMILES string of the molecule is C#CCN(C)CN=CC. The Bertz CT molecular complexity index is 121. The van der Waals surface area contributed by atoms with Gasteiger partial charge in [0.1, 0.15) is 0 Å². The van der Waals surface area contributed by atoms with Gasteiger partial charge in [0.2, 0.25) is 0 Å². The first-order valence-electron chi connectivity index (χ1n) is 2.87. The molecular formula is C7H12N2. The molecule has 0 heterocycles. The van der Waals surface area contributed by atoms with Gasteiger partial charge in [0.25, 0.3) is 0 Å². The zero-order chi connectivity index (χ0) is 7.11. The summed E-state index contributed by atoms with van der Waals surface area (Å²) < 4.78 is 0. The maximum atomic E-state index is 5.06. The van der Waals surface area contributed by atoms with Crippen molar-refractivity contribution < 1.29 is 0 Å². The van der Waals surface area contributed by atoms with Gasteiger partial charge >= 0.3 is 0 Å². The average molecular weight is 124 g/mol. The summed E-state index contributed by atoms with van der Waals surface area (Å²) in [6.07, 6.45) is 6.83. The minimum atomic E-state index is 0.664. The van der Waals surface area contributed by atoms with Gasteiger partial charge in [-0.25, -0.2) is 0 Å². The summed E-state index contributed by atoms with van der Waals surface area (Å²) in [7, 11) is 1.94. The van der Waals surface area contributed by atoms with Crippen molar-refractivity contribution in [3.05, 3.63) is 0 Å². The summed E-state index contributed by atoms with van der Waals surface area (Å²) in [5.41, 5.74) is 0. The molecule has 0 atom stereocenters. The van der Waals surface area contributed by atoms with Crippen LogP contribution in [0.15, 0.2) is 4.99 Å². The first-order valence-corrected chi connectivity index (χ1v) is 2.87. The van der Waals surface area contributed by atoms with Crippen molar-refractivity contribution in [2.45, 2.75) is 6.92 Å². The van der Waals surface area contributed by atoms with E-state index in [0.717, 1.165) is 0 Å². The summed E-state index contributed by atoms with van der Waals surface area (Å²) in [5.74, 6) is 2.53. The van der Waals surface area contributed by atoms with Gasteiger partial charge in [0.15, 0.2) is 0 Å². The molecule has 0 aromatic carbocycles. The van der Waals surface area contributed by atoms with Gasteiger partial charge < -0.3 is 0 Å². The van der Waals surface area contributed by atoms with E-state index in [-0.39, 0.29) is 0 Å². The van der Waals surface area contributed by atoms with E-state index in [4.69, 9.17) is 6.42 Å². The van der Waals surface area contributed by atoms with E-state index in [2.05, 4.69) is 10.9 Å². The summed E-state index contributed by atoms with van der Waals surface area (Å²) >= 11 is 0. The van der Waals surface area contributed by atoms with E-state index in [9.17, 15) is 0 Å². The van der Waals surface area contributed by atoms with Crippen molar-refractivity contribution in [2.75, 3.05) is 20.3 Å². The van der Waals surface area contributed by atoms with Crippen LogP contribution in [0.25, 0.3) is 0 Å². The third kappa shape index (κ3) is 5.05. The molecule has 0 N–H and O–H groups in total. The molecule has 0 aliphatic heterocycles. The lowest BCUT2D eigenvalue weighted by atomic mass is 10.6. The molecule has 2 heteroatoms. The lowest BCUT2D eigenvalue weighted by molar-refractivity contribution is 0.391. The normalized spacial score (nSPS) is 10.4. The van der Waals surface area contributed by atoms with Crippen molar-refractivity contribution in [2.24, 2.45) is 4.99 Å². The lowest BCUT2D eigenvalue weighted by Crippen LogP contribution is -2.18. The highest BCUT2D eigenvalue weighted by Gasteiger charge is 1.88. The van der Waals surface area contributed by atoms with Gasteiger partial charge in [-0.1, -0.05) is 5.92 Å². The van der Waals surface area contributed by atoms with Crippen molar-refractivity contribution in [3.63, 3.8) is 0 Å². The van der Waals surface area contributed by atoms with Crippen molar-refractivity contribution in [1.82, 2.24) is 4.90 Å². The maximum Gasteiger partial charge on any atom is 0.0910 e. The maximum absolute atomic E-state index is 5.06. The third-order valence-electron chi connectivity index (χ3n) is 0.867. The van der Waals surface area contributed by atoms with Crippen LogP contribution in [-0.2, 0) is 0 Å². The second-order valence-electron chi connectivity index (χ2n) is 1.80. The molecule has 0 radical (unpaired) electrons. The molecule has 50 valence electrons. The van der Waals surface area contributed by atoms with Gasteiger partial charge in [-0.05, 0) is 20.2 Å². The zero-order valence-electron chi connectivity index (χ0n) is 5.96. The predicted octanol–water partition coefficient (Wildman–Crippen LogP) is 0.600. The van der Waals surface area contributed by atoms with E-state index in [1.54, 1.807) is 6.21 Å². The fraction of sp³-hybridized carbons (Fsp3) is 0.571. The smallest absolute Gasteiger partial charge is 0.0910 e. The fourth-order valence-corrected chi connectivity index (χ4v) is 0.427. The fourth-order valence-electron chi connectivity index (χ4n) is 0.427. The Kier molecular flexibility index (Phi) is 4.85. The number of terminal acetylenes is 1. The minimum absolute atomic E-state index is 0.664. The molecule has 2 nitrogen and oxygen atoms in total. The number of aliphatic imine (C=N–C) groups is 1. The van der Waals surface area contributed by atoms with Crippen LogP contribution in [-0.4, -0.2) is 31.4 Å². The van der Waals surface area contributed by atoms with Crippen LogP contribution >= 0.6 is 0 Å². The van der Waals surface area contributed by atoms with Crippen LogP contribution in [0, 0.1) is 12.3 Å². The Morgan fingerprint density at radius 2 is 2.44 bits per heavy atom. The molecule has 0 aromatic heterocycles. The average Bonchev–Trinajstić information content (AvgIpc) is 1.85. The van der Waals surface area contributed by atoms with E-state index in [1.165, 1.54) is 0 Å². The molecule has 0 unspecified atom stereocenters. The summed E-state index contributed by atoms with van der Waals surface area (Å²) in [5, 5.41) is 0. The minimum Gasteiger partial charge on any atom is -0.282 e. The van der Waals surface area contributed by atoms with Gasteiger partial charge in [-0.3, -0.25) is 9.89 Å². The highest BCUT2D eigenvalue weighted by atomic mass is 15.2. The van der Waals surface area contributed by atoms with E-state index in [0.29, 0.717) is 13.2 Å². The second kappa shape index (κ2) is 5.33. The highest BCUT2D eigenvalue weighted by molar-refractivity contribution is 5.52. The molecule has 0 aliphatic carbocycles. The Labute approximate surface area is 56.6 Å². The first kappa shape index (κ1) is 8.19. The number of rotatable bonds is 3. The Morgan fingerprint density at radius 1 is 1.78 bits per heavy atom. The molecule has 0 spiro atoms. The lowest BCUT2D eigenvalue weighted by Gasteiger charge is -2.07. The molecule has 9 heavy (non-hydrogen) atoms. The second-order valence-corrected chi connectivity index (χ2v) is 1.80. The molecule has 0 fully saturated rings. The molecule has 0 bridgehead atoms. The van der Waals surface area contributed by atoms with E-state index in [1.807, 2.05) is 18.9 Å². The monoisotopic (exact) mass is 124 g/mol. The van der Waals surface area contributed by atoms with Crippen LogP contribution in [0.3, 0.4) is 0 Å². The molecule has 0 rings (SSSR count). The summed E-state index contributed by atoms with van der Waals surface area (Å²) in [6.45, 7) is 3.25. The Morgan fingerprint density at radius 3 is 2.89 bits per heavy atom. The van der Waals surface area contributed by atoms with Gasteiger partial charge in [0.05, 0.1) is 13.2 Å². The van der Waals surface area contributed by atoms with E-state index >= 15 is 0 Å². The van der Waals surface area contributed by atoms with Gasteiger partial charge in [-0.15, -0.1) is 6.42 Å². The topological polar surface area (TPSA) is 15.6 Å². The molecule has 0 aromatic rings. The van der Waals surface area contributed by atoms with Crippen LogP contribution in [0.4, 0.5) is 0 Å². The molecule has 0 amide bonds. The van der Waals surface area contributed by atoms with Crippen molar-refractivity contribution in [1.29, 1.82) is 0 Å². The number of hydrogen-bond donors (Lipinski definition) is 0. The van der Waals surface area contributed by atoms with Gasteiger partial charge in [-0.2, -0.15) is 0 Å². The van der Waals surface area contributed by atoms with E-state index < -0.39 is 0 Å². The predicted molar refractivity (Wildman–Crippen MR) is 40.5 cm³/mol. The Hall–Kier alpha value is -0.810. The van der Waals surface area contributed by atoms with Crippen molar-refractivity contribution in [3.8, 4) is 12.3 Å². The van der Waals surface area contributed by atoms with Crippen LogP contribution in [0.2, 0.25) is 0 Å². The third-order valence-corrected chi connectivity index (χ3v) is 0.867.